The van der Waals surface area contributed by atoms with Gasteiger partial charge in [-0.05, 0) is 0 Å². The van der Waals surface area contributed by atoms with Crippen molar-refractivity contribution in [2.24, 2.45) is 0 Å². The van der Waals surface area contributed by atoms with Crippen molar-refractivity contribution in [1.82, 2.24) is 9.80 Å². The number of halogens is 1. The molecule has 22 heavy (non-hydrogen) atoms. The Hall–Kier alpha value is -0.467. The van der Waals surface area contributed by atoms with Gasteiger partial charge in [-0.1, -0.05) is 0 Å². The first kappa shape index (κ1) is 17.9. The second-order valence-corrected chi connectivity index (χ2v) is 14.9. The molecule has 0 heterocycles. The average Bonchev–Trinajstić information content (AvgIpc) is 2.46. The Morgan fingerprint density at radius 2 is 1.09 bits per heavy atom. The van der Waals surface area contributed by atoms with E-state index in [1.807, 2.05) is 0 Å². The molecule has 0 saturated carbocycles. The van der Waals surface area contributed by atoms with Crippen molar-refractivity contribution in [1.29, 1.82) is 0 Å². The van der Waals surface area contributed by atoms with Crippen LogP contribution in [0.25, 0.3) is 0 Å². The zero-order valence-electron chi connectivity index (χ0n) is 13.8. The van der Waals surface area contributed by atoms with Gasteiger partial charge >= 0.3 is 146 Å². The van der Waals surface area contributed by atoms with Crippen molar-refractivity contribution < 1.29 is 0 Å². The molecule has 0 radical (unpaired) electrons. The zero-order valence-corrected chi connectivity index (χ0v) is 18.0. The van der Waals surface area contributed by atoms with Crippen molar-refractivity contribution in [2.45, 2.75) is 13.1 Å². The van der Waals surface area contributed by atoms with E-state index in [1.165, 1.54) is 17.7 Å². The van der Waals surface area contributed by atoms with Gasteiger partial charge < -0.3 is 0 Å². The molecule has 4 heteroatoms. The fourth-order valence-electron chi connectivity index (χ4n) is 2.48. The van der Waals surface area contributed by atoms with E-state index in [2.05, 4.69) is 86.5 Å². The molecule has 0 spiro atoms. The molecule has 0 aliphatic rings. The Morgan fingerprint density at radius 1 is 0.727 bits per heavy atom. The minimum absolute atomic E-state index is 0.949. The third-order valence-corrected chi connectivity index (χ3v) is 13.3. The molecule has 0 unspecified atom stereocenters. The topological polar surface area (TPSA) is 6.48 Å². The maximum absolute atomic E-state index is 7.08. The number of benzene rings is 2. The van der Waals surface area contributed by atoms with E-state index in [-0.39, 0.29) is 0 Å². The standard InChI is InChI=1S/2C9H12N.Bi.ClH/c2*1-10(2)8-9-6-4-3-5-7-9;;/h2*3-6H,8H2,1-2H3;;1H/q;;+1;/p-1. The predicted molar refractivity (Wildman–Crippen MR) is 98.5 cm³/mol. The number of hydrogen-bond acceptors (Lipinski definition) is 2. The van der Waals surface area contributed by atoms with Crippen molar-refractivity contribution in [3.05, 3.63) is 59.7 Å². The van der Waals surface area contributed by atoms with Crippen LogP contribution in [-0.2, 0) is 13.1 Å². The fraction of sp³-hybridized carbons (Fsp3) is 0.333. The fourth-order valence-corrected chi connectivity index (χ4v) is 11.2. The van der Waals surface area contributed by atoms with Gasteiger partial charge in [-0.15, -0.1) is 0 Å². The van der Waals surface area contributed by atoms with E-state index < -0.39 is 20.6 Å². The molecule has 0 aliphatic carbocycles. The van der Waals surface area contributed by atoms with Crippen LogP contribution in [0.1, 0.15) is 11.1 Å². The molecule has 2 aromatic carbocycles. The molecular formula is C18H24BiClN2. The molecule has 0 atom stereocenters. The second-order valence-electron chi connectivity index (χ2n) is 6.01. The number of hydrogen-bond donors (Lipinski definition) is 0. The molecule has 0 N–H and O–H groups in total. The molecule has 2 rings (SSSR count). The van der Waals surface area contributed by atoms with Crippen LogP contribution in [0.3, 0.4) is 0 Å². The quantitative estimate of drug-likeness (QED) is 0.548. The first-order valence-electron chi connectivity index (χ1n) is 7.40. The normalized spacial score (nSPS) is 11.6. The van der Waals surface area contributed by atoms with Gasteiger partial charge in [-0.3, -0.25) is 0 Å². The third kappa shape index (κ3) is 4.76. The van der Waals surface area contributed by atoms with E-state index in [1.54, 1.807) is 0 Å². The van der Waals surface area contributed by atoms with Gasteiger partial charge in [0, 0.05) is 0 Å². The maximum atomic E-state index is 7.08. The molecule has 0 bridgehead atoms. The van der Waals surface area contributed by atoms with Crippen LogP contribution < -0.4 is 6.54 Å². The number of rotatable bonds is 6. The van der Waals surface area contributed by atoms with Crippen molar-refractivity contribution in [3.63, 3.8) is 0 Å². The summed E-state index contributed by atoms with van der Waals surface area (Å²) < 4.78 is 2.80. The Bertz CT molecular complexity index is 560. The SMILES string of the molecule is CN(C)Cc1cccc[c]1[Bi]([Cl])[c]1ccccc1CN(C)C. The molecule has 118 valence electrons. The van der Waals surface area contributed by atoms with Crippen LogP contribution in [0.5, 0.6) is 0 Å². The van der Waals surface area contributed by atoms with Gasteiger partial charge in [0.2, 0.25) is 0 Å². The monoisotopic (exact) mass is 512 g/mol. The summed E-state index contributed by atoms with van der Waals surface area (Å²) in [5.41, 5.74) is 2.75. The minimum atomic E-state index is -2.43. The summed E-state index contributed by atoms with van der Waals surface area (Å²) in [6, 6.07) is 17.4. The molecule has 0 aliphatic heterocycles. The summed E-state index contributed by atoms with van der Waals surface area (Å²) in [6.45, 7) is 1.90. The van der Waals surface area contributed by atoms with Gasteiger partial charge in [0.05, 0.1) is 0 Å². The van der Waals surface area contributed by atoms with E-state index in [0.717, 1.165) is 13.1 Å². The third-order valence-electron chi connectivity index (χ3n) is 3.38. The Kier molecular flexibility index (Phi) is 6.83. The molecule has 2 aromatic rings. The van der Waals surface area contributed by atoms with Gasteiger partial charge in [-0.2, -0.15) is 0 Å². The first-order chi connectivity index (χ1) is 10.5. The van der Waals surface area contributed by atoms with Crippen LogP contribution in [-0.4, -0.2) is 58.5 Å². The van der Waals surface area contributed by atoms with Crippen LogP contribution in [0, 0.1) is 0 Å². The van der Waals surface area contributed by atoms with E-state index in [0.29, 0.717) is 0 Å². The Balaban J connectivity index is 2.38. The first-order valence-corrected chi connectivity index (χ1v) is 15.2. The Labute approximate surface area is 145 Å². The summed E-state index contributed by atoms with van der Waals surface area (Å²) in [6.07, 6.45) is 0. The van der Waals surface area contributed by atoms with E-state index in [4.69, 9.17) is 8.51 Å². The molecule has 0 fully saturated rings. The zero-order chi connectivity index (χ0) is 16.1. The van der Waals surface area contributed by atoms with Gasteiger partial charge in [0.25, 0.3) is 0 Å². The predicted octanol–water partition coefficient (Wildman–Crippen LogP) is 2.15. The summed E-state index contributed by atoms with van der Waals surface area (Å²) in [4.78, 5) is 4.41. The number of nitrogens with zero attached hydrogens (tertiary/aromatic N) is 2. The van der Waals surface area contributed by atoms with Gasteiger partial charge in [0.1, 0.15) is 0 Å². The summed E-state index contributed by atoms with van der Waals surface area (Å²) >= 11 is -2.43. The molecule has 0 saturated heterocycles. The van der Waals surface area contributed by atoms with Gasteiger partial charge in [-0.25, -0.2) is 0 Å². The summed E-state index contributed by atoms with van der Waals surface area (Å²) in [7, 11) is 15.5. The summed E-state index contributed by atoms with van der Waals surface area (Å²) in [5, 5.41) is 0. The second kappa shape index (κ2) is 8.40. The van der Waals surface area contributed by atoms with Crippen LogP contribution in [0.15, 0.2) is 48.5 Å². The van der Waals surface area contributed by atoms with Crippen LogP contribution in [0.4, 0.5) is 0 Å². The van der Waals surface area contributed by atoms with E-state index >= 15 is 0 Å². The molecule has 0 amide bonds. The molecule has 2 nitrogen and oxygen atoms in total. The van der Waals surface area contributed by atoms with Crippen molar-refractivity contribution >= 4 is 35.6 Å². The van der Waals surface area contributed by atoms with Crippen molar-refractivity contribution in [2.75, 3.05) is 28.2 Å². The van der Waals surface area contributed by atoms with Crippen LogP contribution in [0.2, 0.25) is 0 Å². The van der Waals surface area contributed by atoms with Crippen LogP contribution >= 0.6 is 8.51 Å². The Morgan fingerprint density at radius 3 is 1.45 bits per heavy atom. The molecular weight excluding hydrogens is 489 g/mol. The van der Waals surface area contributed by atoms with E-state index in [9.17, 15) is 0 Å². The van der Waals surface area contributed by atoms with Crippen molar-refractivity contribution in [3.8, 4) is 0 Å². The average molecular weight is 513 g/mol. The summed E-state index contributed by atoms with van der Waals surface area (Å²) in [5.74, 6) is 0. The van der Waals surface area contributed by atoms with Gasteiger partial charge in [0.15, 0.2) is 0 Å². The molecule has 0 aromatic heterocycles.